The average molecular weight is 460 g/mol. The summed E-state index contributed by atoms with van der Waals surface area (Å²) in [6.07, 6.45) is 3.89. The van der Waals surface area contributed by atoms with E-state index in [1.54, 1.807) is 0 Å². The molecule has 0 spiro atoms. The Morgan fingerprint density at radius 3 is 2.67 bits per heavy atom. The third kappa shape index (κ3) is 6.11. The Bertz CT molecular complexity index is 909. The number of H-pyrrole nitrogens is 1. The summed E-state index contributed by atoms with van der Waals surface area (Å²) in [6.45, 7) is 4.32. The first kappa shape index (κ1) is 25.0. The van der Waals surface area contributed by atoms with Gasteiger partial charge in [-0.25, -0.2) is 4.79 Å². The molecule has 1 aliphatic heterocycles. The van der Waals surface area contributed by atoms with Gasteiger partial charge in [0.25, 0.3) is 5.56 Å². The lowest BCUT2D eigenvalue weighted by atomic mass is 10.1. The smallest absolute Gasteiger partial charge is 0.330 e. The zero-order valence-electron chi connectivity index (χ0n) is 17.5. The van der Waals surface area contributed by atoms with Gasteiger partial charge in [-0.3, -0.25) is 14.3 Å². The largest absolute Gasteiger partial charge is 0.376 e. The summed E-state index contributed by atoms with van der Waals surface area (Å²) < 4.78 is 24.7. The highest BCUT2D eigenvalue weighted by atomic mass is 32.5. The lowest BCUT2D eigenvalue weighted by Gasteiger charge is -2.30. The monoisotopic (exact) mass is 460 g/mol. The number of aromatic amines is 1. The van der Waals surface area contributed by atoms with Gasteiger partial charge in [0, 0.05) is 17.9 Å². The Labute approximate surface area is 180 Å². The van der Waals surface area contributed by atoms with Crippen LogP contribution in [-0.4, -0.2) is 57.7 Å². The van der Waals surface area contributed by atoms with Crippen molar-refractivity contribution in [3.63, 3.8) is 0 Å². The van der Waals surface area contributed by atoms with Crippen molar-refractivity contribution in [3.05, 3.63) is 33.1 Å². The summed E-state index contributed by atoms with van der Waals surface area (Å²) in [6, 6.07) is 1.20. The minimum absolute atomic E-state index is 0.0715. The first-order valence-electron chi connectivity index (χ1n) is 9.75. The van der Waals surface area contributed by atoms with E-state index in [0.717, 1.165) is 0 Å². The molecule has 0 aliphatic carbocycles. The molecule has 11 heteroatoms. The van der Waals surface area contributed by atoms with Gasteiger partial charge in [0.1, 0.15) is 24.9 Å². The number of rotatable bonds is 10. The molecule has 0 aromatic carbocycles. The molecular weight excluding hydrogens is 431 g/mol. The second kappa shape index (κ2) is 10.8. The third-order valence-electron chi connectivity index (χ3n) is 4.78. The molecule has 0 saturated carbocycles. The van der Waals surface area contributed by atoms with Crippen LogP contribution in [0.4, 0.5) is 0 Å². The Hall–Kier alpha value is -1.31. The number of hydrogen-bond donors (Lipinski definition) is 2. The first-order chi connectivity index (χ1) is 14.1. The van der Waals surface area contributed by atoms with Gasteiger partial charge in [0.05, 0.1) is 12.7 Å². The van der Waals surface area contributed by atoms with Crippen LogP contribution in [-0.2, 0) is 30.5 Å². The highest BCUT2D eigenvalue weighted by molar-refractivity contribution is 8.09. The fourth-order valence-corrected chi connectivity index (χ4v) is 4.96. The Balaban J connectivity index is 2.45. The summed E-state index contributed by atoms with van der Waals surface area (Å²) in [5.41, 5.74) is -1.45. The molecule has 168 valence electrons. The molecule has 1 saturated heterocycles. The number of nitrogens with zero attached hydrogens (tertiary/aromatic N) is 1. The Morgan fingerprint density at radius 1 is 1.40 bits per heavy atom. The zero-order valence-corrected chi connectivity index (χ0v) is 19.2. The molecule has 1 fully saturated rings. The van der Waals surface area contributed by atoms with Crippen LogP contribution >= 0.6 is 6.49 Å². The number of nitrogens with one attached hydrogen (secondary N) is 1. The zero-order chi connectivity index (χ0) is 22.5. The summed E-state index contributed by atoms with van der Waals surface area (Å²) in [7, 11) is 0. The maximum atomic E-state index is 12.4. The van der Waals surface area contributed by atoms with Crippen LogP contribution in [0.3, 0.4) is 0 Å². The lowest BCUT2D eigenvalue weighted by Crippen LogP contribution is -2.41. The molecule has 6 unspecified atom stereocenters. The van der Waals surface area contributed by atoms with E-state index in [-0.39, 0.29) is 25.0 Å². The third-order valence-corrected chi connectivity index (χ3v) is 8.15. The molecule has 9 nitrogen and oxygen atoms in total. The van der Waals surface area contributed by atoms with Gasteiger partial charge < -0.3 is 23.6 Å². The van der Waals surface area contributed by atoms with E-state index in [1.807, 2.05) is 27.7 Å². The van der Waals surface area contributed by atoms with Crippen molar-refractivity contribution < 1.29 is 23.6 Å². The van der Waals surface area contributed by atoms with Crippen molar-refractivity contribution in [1.29, 1.82) is 0 Å². The van der Waals surface area contributed by atoms with Gasteiger partial charge in [0.2, 0.25) is 0 Å². The van der Waals surface area contributed by atoms with Gasteiger partial charge in [-0.1, -0.05) is 19.8 Å². The molecule has 0 bridgehead atoms. The second-order valence-corrected chi connectivity index (χ2v) is 11.1. The predicted octanol–water partition coefficient (Wildman–Crippen LogP) is 1.36. The number of aromatic nitrogens is 2. The molecule has 2 heterocycles. The van der Waals surface area contributed by atoms with Gasteiger partial charge in [-0.15, -0.1) is 6.42 Å². The predicted molar refractivity (Wildman–Crippen MR) is 116 cm³/mol. The van der Waals surface area contributed by atoms with Crippen LogP contribution in [0.1, 0.15) is 40.3 Å². The van der Waals surface area contributed by atoms with Crippen LogP contribution in [0.2, 0.25) is 0 Å². The van der Waals surface area contributed by atoms with Gasteiger partial charge in [-0.2, -0.15) is 0 Å². The van der Waals surface area contributed by atoms with Gasteiger partial charge in [0.15, 0.2) is 12.7 Å². The Kier molecular flexibility index (Phi) is 9.00. The van der Waals surface area contributed by atoms with Crippen molar-refractivity contribution >= 4 is 18.3 Å². The highest BCUT2D eigenvalue weighted by Crippen LogP contribution is 2.53. The molecule has 2 rings (SSSR count). The summed E-state index contributed by atoms with van der Waals surface area (Å²) in [5, 5.41) is 0. The van der Waals surface area contributed by atoms with Crippen LogP contribution in [0, 0.1) is 12.3 Å². The fraction of sp³-hybridized carbons (Fsp3) is 0.684. The van der Waals surface area contributed by atoms with E-state index in [1.165, 1.54) is 16.8 Å². The molecular formula is C19H29N2O7PS. The van der Waals surface area contributed by atoms with Gasteiger partial charge in [-0.05, 0) is 32.1 Å². The molecule has 0 radical (unpaired) electrons. The maximum Gasteiger partial charge on any atom is 0.330 e. The first-order valence-corrected chi connectivity index (χ1v) is 12.5. The van der Waals surface area contributed by atoms with E-state index in [2.05, 4.69) is 10.9 Å². The molecule has 6 atom stereocenters. The summed E-state index contributed by atoms with van der Waals surface area (Å²) in [4.78, 5) is 36.8. The van der Waals surface area contributed by atoms with Crippen molar-refractivity contribution in [2.45, 2.75) is 70.4 Å². The van der Waals surface area contributed by atoms with E-state index in [4.69, 9.17) is 37.0 Å². The number of terminal acetylenes is 1. The lowest BCUT2D eigenvalue weighted by molar-refractivity contribution is -0.0816. The van der Waals surface area contributed by atoms with Crippen molar-refractivity contribution in [1.82, 2.24) is 9.55 Å². The molecule has 0 amide bonds. The molecule has 2 N–H and O–H groups in total. The maximum absolute atomic E-state index is 12.4. The SMILES string of the molecule is C#CCOC1C(OP(O)(=S)C(C)CC)C(COC(C)C)OC1n1ccc(=O)[nH]c1=O. The summed E-state index contributed by atoms with van der Waals surface area (Å²) >= 11 is 5.39. The number of hydrogen-bond acceptors (Lipinski definition) is 7. The minimum atomic E-state index is -3.20. The number of ether oxygens (including phenoxy) is 3. The van der Waals surface area contributed by atoms with Crippen LogP contribution in [0.15, 0.2) is 21.9 Å². The molecule has 1 aromatic rings. The van der Waals surface area contributed by atoms with E-state index in [0.29, 0.717) is 6.42 Å². The minimum Gasteiger partial charge on any atom is -0.376 e. The van der Waals surface area contributed by atoms with E-state index >= 15 is 0 Å². The van der Waals surface area contributed by atoms with E-state index < -0.39 is 42.3 Å². The average Bonchev–Trinajstić information content (AvgIpc) is 3.00. The standard InChI is InChI=1S/C19H29N2O7PS/c1-6-10-25-17-16(28-29(24,30)13(5)7-2)14(11-26-12(3)4)27-18(17)21-9-8-15(22)20-19(21)23/h1,8-9,12-14,16-18H,7,10-11H2,2-5H3,(H,24,30)(H,20,22,23). The topological polar surface area (TPSA) is 112 Å². The molecule has 1 aliphatic rings. The van der Waals surface area contributed by atoms with E-state index in [9.17, 15) is 14.5 Å². The van der Waals surface area contributed by atoms with Crippen LogP contribution < -0.4 is 11.2 Å². The fourth-order valence-electron chi connectivity index (χ4n) is 2.94. The molecule has 1 aromatic heterocycles. The van der Waals surface area contributed by atoms with Crippen molar-refractivity contribution in [3.8, 4) is 12.3 Å². The van der Waals surface area contributed by atoms with Crippen molar-refractivity contribution in [2.24, 2.45) is 0 Å². The quantitative estimate of drug-likeness (QED) is 0.398. The normalized spacial score (nSPS) is 27.0. The highest BCUT2D eigenvalue weighted by Gasteiger charge is 2.50. The summed E-state index contributed by atoms with van der Waals surface area (Å²) in [5.74, 6) is 2.38. The van der Waals surface area contributed by atoms with Crippen LogP contribution in [0.5, 0.6) is 0 Å². The Morgan fingerprint density at radius 2 is 2.10 bits per heavy atom. The molecule has 30 heavy (non-hydrogen) atoms. The van der Waals surface area contributed by atoms with Crippen molar-refractivity contribution in [2.75, 3.05) is 13.2 Å². The van der Waals surface area contributed by atoms with Crippen LogP contribution in [0.25, 0.3) is 0 Å². The second-order valence-electron chi connectivity index (χ2n) is 7.34. The van der Waals surface area contributed by atoms with Gasteiger partial charge >= 0.3 is 5.69 Å².